The van der Waals surface area contributed by atoms with Gasteiger partial charge in [0, 0.05) is 5.02 Å². The van der Waals surface area contributed by atoms with Crippen molar-refractivity contribution in [1.29, 1.82) is 0 Å². The number of rotatable bonds is 3. The molecule has 3 nitrogen and oxygen atoms in total. The highest BCUT2D eigenvalue weighted by molar-refractivity contribution is 7.94. The number of hydrogen-bond acceptors (Lipinski definition) is 3. The van der Waals surface area contributed by atoms with Crippen LogP contribution in [0.15, 0.2) is 34.5 Å². The molecule has 0 atom stereocenters. The number of thiophene rings is 1. The number of halogens is 2. The van der Waals surface area contributed by atoms with Crippen LogP contribution in [-0.4, -0.2) is 8.42 Å². The number of nitrogens with one attached hydrogen (secondary N) is 1. The Morgan fingerprint density at radius 2 is 2.00 bits per heavy atom. The Balaban J connectivity index is 2.37. The summed E-state index contributed by atoms with van der Waals surface area (Å²) in [6, 6.07) is 7.25. The van der Waals surface area contributed by atoms with Gasteiger partial charge in [-0.05, 0) is 36.8 Å². The smallest absolute Gasteiger partial charge is 0.271 e. The van der Waals surface area contributed by atoms with Gasteiger partial charge in [0.1, 0.15) is 4.21 Å². The first-order valence-corrected chi connectivity index (χ1v) is 7.61. The quantitative estimate of drug-likeness (QED) is 0.941. The molecule has 1 heterocycles. The standard InChI is InChI=1S/C11H9ClFNO2S2/c1-7-8(12)3-2-4-9(7)14-18(15,16)11-6-5-10(13)17-11/h2-6,14H,1H3. The molecule has 0 fully saturated rings. The molecule has 0 unspecified atom stereocenters. The molecule has 1 aromatic carbocycles. The maximum Gasteiger partial charge on any atom is 0.271 e. The second-order valence-electron chi connectivity index (χ2n) is 3.58. The molecule has 18 heavy (non-hydrogen) atoms. The van der Waals surface area contributed by atoms with Crippen LogP contribution in [0.3, 0.4) is 0 Å². The van der Waals surface area contributed by atoms with Gasteiger partial charge in [0.2, 0.25) is 0 Å². The number of benzene rings is 1. The summed E-state index contributed by atoms with van der Waals surface area (Å²) in [5, 5.41) is -0.0780. The van der Waals surface area contributed by atoms with Crippen LogP contribution in [-0.2, 0) is 10.0 Å². The fourth-order valence-electron chi connectivity index (χ4n) is 1.36. The van der Waals surface area contributed by atoms with Gasteiger partial charge in [0.15, 0.2) is 5.13 Å². The van der Waals surface area contributed by atoms with Gasteiger partial charge in [-0.15, -0.1) is 0 Å². The third kappa shape index (κ3) is 2.66. The summed E-state index contributed by atoms with van der Waals surface area (Å²) in [6.07, 6.45) is 0. The summed E-state index contributed by atoms with van der Waals surface area (Å²) in [7, 11) is -3.76. The Morgan fingerprint density at radius 3 is 2.61 bits per heavy atom. The van der Waals surface area contributed by atoms with E-state index in [0.717, 1.165) is 6.07 Å². The third-order valence-electron chi connectivity index (χ3n) is 2.33. The number of hydrogen-bond donors (Lipinski definition) is 1. The molecule has 0 aliphatic carbocycles. The van der Waals surface area contributed by atoms with Crippen LogP contribution in [0.25, 0.3) is 0 Å². The van der Waals surface area contributed by atoms with E-state index in [1.165, 1.54) is 6.07 Å². The van der Waals surface area contributed by atoms with Crippen molar-refractivity contribution < 1.29 is 12.8 Å². The van der Waals surface area contributed by atoms with E-state index in [0.29, 0.717) is 27.6 Å². The summed E-state index contributed by atoms with van der Waals surface area (Å²) < 4.78 is 39.1. The van der Waals surface area contributed by atoms with E-state index in [9.17, 15) is 12.8 Å². The second kappa shape index (κ2) is 4.87. The maximum atomic E-state index is 12.8. The third-order valence-corrected chi connectivity index (χ3v) is 5.47. The minimum atomic E-state index is -3.76. The number of sulfonamides is 1. The minimum absolute atomic E-state index is 0.0700. The molecule has 0 saturated heterocycles. The van der Waals surface area contributed by atoms with E-state index in [4.69, 9.17) is 11.6 Å². The van der Waals surface area contributed by atoms with Crippen molar-refractivity contribution in [2.45, 2.75) is 11.1 Å². The molecule has 1 aromatic heterocycles. The first-order chi connectivity index (χ1) is 8.40. The van der Waals surface area contributed by atoms with Crippen LogP contribution in [0.5, 0.6) is 0 Å². The van der Waals surface area contributed by atoms with E-state index in [-0.39, 0.29) is 4.21 Å². The van der Waals surface area contributed by atoms with Crippen molar-refractivity contribution in [3.8, 4) is 0 Å². The Kier molecular flexibility index (Phi) is 3.61. The highest BCUT2D eigenvalue weighted by Crippen LogP contribution is 2.27. The molecule has 0 saturated carbocycles. The SMILES string of the molecule is Cc1c(Cl)cccc1NS(=O)(=O)c1ccc(F)s1. The predicted octanol–water partition coefficient (Wildman–Crippen LogP) is 3.65. The van der Waals surface area contributed by atoms with Crippen LogP contribution < -0.4 is 4.72 Å². The van der Waals surface area contributed by atoms with Gasteiger partial charge < -0.3 is 0 Å². The fraction of sp³-hybridized carbons (Fsp3) is 0.0909. The van der Waals surface area contributed by atoms with Crippen molar-refractivity contribution in [3.63, 3.8) is 0 Å². The lowest BCUT2D eigenvalue weighted by molar-refractivity contribution is 0.603. The normalized spacial score (nSPS) is 11.5. The Hall–Kier alpha value is -1.11. The molecular formula is C11H9ClFNO2S2. The van der Waals surface area contributed by atoms with E-state index in [1.807, 2.05) is 0 Å². The zero-order valence-corrected chi connectivity index (χ0v) is 11.7. The molecule has 0 spiro atoms. The molecule has 0 amide bonds. The van der Waals surface area contributed by atoms with Crippen LogP contribution in [0.2, 0.25) is 5.02 Å². The van der Waals surface area contributed by atoms with Crippen molar-refractivity contribution in [1.82, 2.24) is 0 Å². The molecule has 0 bridgehead atoms. The van der Waals surface area contributed by atoms with Crippen LogP contribution in [0.1, 0.15) is 5.56 Å². The van der Waals surface area contributed by atoms with Gasteiger partial charge in [-0.1, -0.05) is 29.0 Å². The summed E-state index contributed by atoms with van der Waals surface area (Å²) in [6.45, 7) is 1.70. The number of anilines is 1. The minimum Gasteiger partial charge on any atom is -0.279 e. The second-order valence-corrected chi connectivity index (χ2v) is 6.93. The van der Waals surface area contributed by atoms with E-state index >= 15 is 0 Å². The molecule has 0 aliphatic rings. The van der Waals surface area contributed by atoms with Crippen LogP contribution in [0, 0.1) is 12.1 Å². The average molecular weight is 306 g/mol. The fourth-order valence-corrected chi connectivity index (χ4v) is 3.66. The maximum absolute atomic E-state index is 12.8. The van der Waals surface area contributed by atoms with Crippen molar-refractivity contribution in [2.24, 2.45) is 0 Å². The zero-order valence-electron chi connectivity index (χ0n) is 9.28. The molecule has 0 aliphatic heterocycles. The molecule has 2 rings (SSSR count). The predicted molar refractivity (Wildman–Crippen MR) is 71.3 cm³/mol. The molecule has 0 radical (unpaired) electrons. The van der Waals surface area contributed by atoms with E-state index in [1.54, 1.807) is 25.1 Å². The summed E-state index contributed by atoms with van der Waals surface area (Å²) in [4.78, 5) is 0. The lowest BCUT2D eigenvalue weighted by Crippen LogP contribution is -2.12. The zero-order chi connectivity index (χ0) is 13.3. The van der Waals surface area contributed by atoms with Gasteiger partial charge in [-0.2, -0.15) is 4.39 Å². The molecule has 2 aromatic rings. The Bertz CT molecular complexity index is 682. The first-order valence-electron chi connectivity index (χ1n) is 4.93. The van der Waals surface area contributed by atoms with Crippen LogP contribution >= 0.6 is 22.9 Å². The molecule has 96 valence electrons. The van der Waals surface area contributed by atoms with Crippen molar-refractivity contribution in [2.75, 3.05) is 4.72 Å². The van der Waals surface area contributed by atoms with Gasteiger partial charge in [0.05, 0.1) is 5.69 Å². The van der Waals surface area contributed by atoms with Gasteiger partial charge in [0.25, 0.3) is 10.0 Å². The molecule has 7 heteroatoms. The van der Waals surface area contributed by atoms with Crippen molar-refractivity contribution >= 4 is 38.6 Å². The van der Waals surface area contributed by atoms with E-state index < -0.39 is 15.2 Å². The lowest BCUT2D eigenvalue weighted by atomic mass is 10.2. The van der Waals surface area contributed by atoms with Gasteiger partial charge >= 0.3 is 0 Å². The van der Waals surface area contributed by atoms with Crippen LogP contribution in [0.4, 0.5) is 10.1 Å². The topological polar surface area (TPSA) is 46.2 Å². The Morgan fingerprint density at radius 1 is 1.28 bits per heavy atom. The van der Waals surface area contributed by atoms with Crippen molar-refractivity contribution in [3.05, 3.63) is 46.0 Å². The highest BCUT2D eigenvalue weighted by Gasteiger charge is 2.18. The average Bonchev–Trinajstić information content (AvgIpc) is 2.72. The largest absolute Gasteiger partial charge is 0.279 e. The summed E-state index contributed by atoms with van der Waals surface area (Å²) >= 11 is 6.47. The van der Waals surface area contributed by atoms with E-state index in [2.05, 4.69) is 4.72 Å². The van der Waals surface area contributed by atoms with Gasteiger partial charge in [-0.3, -0.25) is 4.72 Å². The van der Waals surface area contributed by atoms with Gasteiger partial charge in [-0.25, -0.2) is 8.42 Å². The summed E-state index contributed by atoms with van der Waals surface area (Å²) in [5.74, 6) is 0. The highest BCUT2D eigenvalue weighted by atomic mass is 35.5. The Labute approximate surface area is 113 Å². The summed E-state index contributed by atoms with van der Waals surface area (Å²) in [5.41, 5.74) is 1.01. The molecular weight excluding hydrogens is 297 g/mol. The lowest BCUT2D eigenvalue weighted by Gasteiger charge is -2.09. The molecule has 1 N–H and O–H groups in total. The monoisotopic (exact) mass is 305 g/mol. The first kappa shape index (κ1) is 13.3.